The smallest absolute Gasteiger partial charge is 0.310 e. The molecule has 3 N–H and O–H groups in total. The highest BCUT2D eigenvalue weighted by molar-refractivity contribution is 5.91. The zero-order valence-corrected chi connectivity index (χ0v) is 13.6. The first kappa shape index (κ1) is 17.8. The lowest BCUT2D eigenvalue weighted by Gasteiger charge is -2.37. The molecule has 0 saturated heterocycles. The van der Waals surface area contributed by atoms with Crippen LogP contribution < -0.4 is 11.1 Å². The maximum absolute atomic E-state index is 14.4. The highest BCUT2D eigenvalue weighted by atomic mass is 19.3. The number of hydrogen-bond donors (Lipinski definition) is 2. The van der Waals surface area contributed by atoms with E-state index < -0.39 is 35.8 Å². The molecule has 1 amide bonds. The molecule has 26 heavy (non-hydrogen) atoms. The van der Waals surface area contributed by atoms with Crippen molar-refractivity contribution in [1.82, 2.24) is 10.5 Å². The third-order valence-corrected chi connectivity index (χ3v) is 4.13. The topological polar surface area (TPSA) is 103 Å². The molecule has 3 rings (SSSR count). The number of ether oxygens (including phenoxy) is 1. The van der Waals surface area contributed by atoms with Crippen LogP contribution in [0.1, 0.15) is 28.5 Å². The Bertz CT molecular complexity index is 854. The molecule has 1 aliphatic heterocycles. The quantitative estimate of drug-likeness (QED) is 0.859. The number of rotatable bonds is 4. The average Bonchev–Trinajstić information content (AvgIpc) is 3.12. The second kappa shape index (κ2) is 6.36. The number of nitrogens with one attached hydrogen (secondary N) is 1. The Morgan fingerprint density at radius 1 is 1.38 bits per heavy atom. The molecule has 1 aliphatic rings. The van der Waals surface area contributed by atoms with E-state index >= 15 is 0 Å². The molecule has 1 atom stereocenters. The van der Waals surface area contributed by atoms with Gasteiger partial charge in [-0.1, -0.05) is 11.2 Å². The van der Waals surface area contributed by atoms with Crippen LogP contribution in [-0.4, -0.2) is 29.6 Å². The molecule has 0 radical (unpaired) electrons. The lowest BCUT2D eigenvalue weighted by molar-refractivity contribution is -0.117. The molecular formula is C16H15F3N4O3. The summed E-state index contributed by atoms with van der Waals surface area (Å²) in [6.45, 7) is 0.0419. The molecule has 2 heterocycles. The molecule has 0 aliphatic carbocycles. The van der Waals surface area contributed by atoms with Crippen molar-refractivity contribution in [2.24, 2.45) is 10.7 Å². The van der Waals surface area contributed by atoms with Gasteiger partial charge >= 0.3 is 5.92 Å². The monoisotopic (exact) mass is 368 g/mol. The summed E-state index contributed by atoms with van der Waals surface area (Å²) in [6.07, 6.45) is 1.24. The molecule has 1 aromatic heterocycles. The van der Waals surface area contributed by atoms with Crippen molar-refractivity contribution >= 4 is 11.9 Å². The van der Waals surface area contributed by atoms with Gasteiger partial charge < -0.3 is 20.3 Å². The number of alkyl halides is 2. The summed E-state index contributed by atoms with van der Waals surface area (Å²) in [5.74, 6) is -4.86. The molecular weight excluding hydrogens is 353 g/mol. The molecule has 2 aromatic rings. The van der Waals surface area contributed by atoms with Gasteiger partial charge in [0.2, 0.25) is 0 Å². The van der Waals surface area contributed by atoms with Crippen LogP contribution in [0, 0.1) is 5.82 Å². The van der Waals surface area contributed by atoms with Gasteiger partial charge in [-0.05, 0) is 24.6 Å². The van der Waals surface area contributed by atoms with Crippen LogP contribution in [0.5, 0.6) is 0 Å². The largest absolute Gasteiger partial charge is 0.459 e. The van der Waals surface area contributed by atoms with Crippen LogP contribution in [0.4, 0.5) is 13.2 Å². The fourth-order valence-corrected chi connectivity index (χ4v) is 2.55. The Labute approximate surface area is 146 Å². The van der Waals surface area contributed by atoms with E-state index in [0.717, 1.165) is 13.0 Å². The van der Waals surface area contributed by atoms with Gasteiger partial charge in [-0.2, -0.15) is 8.78 Å². The first-order valence-electron chi connectivity index (χ1n) is 7.56. The predicted octanol–water partition coefficient (Wildman–Crippen LogP) is 1.94. The van der Waals surface area contributed by atoms with Crippen molar-refractivity contribution in [3.05, 3.63) is 53.2 Å². The number of amidine groups is 1. The number of carbonyl (C=O) groups is 1. The van der Waals surface area contributed by atoms with E-state index in [9.17, 15) is 18.0 Å². The average molecular weight is 368 g/mol. The molecule has 1 aromatic carbocycles. The molecule has 0 saturated carbocycles. The second-order valence-corrected chi connectivity index (χ2v) is 5.90. The number of nitrogens with two attached hydrogens (primary N) is 1. The molecule has 0 bridgehead atoms. The third-order valence-electron chi connectivity index (χ3n) is 4.13. The molecule has 1 unspecified atom stereocenters. The predicted molar refractivity (Wildman–Crippen MR) is 83.9 cm³/mol. The highest BCUT2D eigenvalue weighted by Crippen LogP contribution is 2.44. The number of nitrogens with zero attached hydrogens (tertiary/aromatic N) is 2. The van der Waals surface area contributed by atoms with Crippen LogP contribution in [0.25, 0.3) is 0 Å². The number of aliphatic imine (C=N–C) groups is 1. The van der Waals surface area contributed by atoms with E-state index in [0.29, 0.717) is 5.56 Å². The van der Waals surface area contributed by atoms with Gasteiger partial charge in [0, 0.05) is 18.2 Å². The first-order chi connectivity index (χ1) is 12.2. The van der Waals surface area contributed by atoms with Crippen molar-refractivity contribution in [2.45, 2.75) is 24.9 Å². The van der Waals surface area contributed by atoms with Crippen LogP contribution in [0.3, 0.4) is 0 Å². The van der Waals surface area contributed by atoms with Crippen LogP contribution in [0.2, 0.25) is 0 Å². The minimum Gasteiger partial charge on any atom is -0.459 e. The number of carbonyl (C=O) groups excluding carboxylic acids is 1. The Hall–Kier alpha value is -3.04. The SMILES string of the molecule is CC1(c2cc(CNC(=O)c3ccon3)ccc2F)N=C(N)OCC1(F)F. The van der Waals surface area contributed by atoms with Gasteiger partial charge in [-0.15, -0.1) is 0 Å². The summed E-state index contributed by atoms with van der Waals surface area (Å²) in [5.41, 5.74) is 3.29. The van der Waals surface area contributed by atoms with Crippen molar-refractivity contribution in [3.63, 3.8) is 0 Å². The van der Waals surface area contributed by atoms with Gasteiger partial charge in [0.05, 0.1) is 0 Å². The van der Waals surface area contributed by atoms with E-state index in [1.54, 1.807) is 0 Å². The fraction of sp³-hybridized carbons (Fsp3) is 0.312. The lowest BCUT2D eigenvalue weighted by Crippen LogP contribution is -2.51. The number of benzene rings is 1. The maximum atomic E-state index is 14.4. The highest BCUT2D eigenvalue weighted by Gasteiger charge is 2.56. The Kier molecular flexibility index (Phi) is 4.34. The van der Waals surface area contributed by atoms with Crippen molar-refractivity contribution in [1.29, 1.82) is 0 Å². The van der Waals surface area contributed by atoms with Crippen molar-refractivity contribution in [3.8, 4) is 0 Å². The van der Waals surface area contributed by atoms with Gasteiger partial charge in [0.25, 0.3) is 11.9 Å². The first-order valence-corrected chi connectivity index (χ1v) is 7.56. The molecule has 138 valence electrons. The number of hydrogen-bond acceptors (Lipinski definition) is 6. The molecule has 0 spiro atoms. The van der Waals surface area contributed by atoms with E-state index in [1.807, 2.05) is 0 Å². The Balaban J connectivity index is 1.88. The standard InChI is InChI=1S/C16H15F3N4O3/c1-15(16(18,19)8-25-14(20)22-15)10-6-9(2-3-11(10)17)7-21-13(24)12-4-5-26-23-12/h2-6H,7-8H2,1H3,(H2,20,22)(H,21,24). The normalized spacial score (nSPS) is 21.6. The second-order valence-electron chi connectivity index (χ2n) is 5.90. The van der Waals surface area contributed by atoms with Crippen LogP contribution in [0.15, 0.2) is 40.0 Å². The van der Waals surface area contributed by atoms with E-state index in [4.69, 9.17) is 5.73 Å². The lowest BCUT2D eigenvalue weighted by atomic mass is 9.84. The number of amides is 1. The zero-order chi connectivity index (χ0) is 18.9. The van der Waals surface area contributed by atoms with Crippen LogP contribution >= 0.6 is 0 Å². The third kappa shape index (κ3) is 3.09. The van der Waals surface area contributed by atoms with Crippen LogP contribution in [-0.2, 0) is 16.8 Å². The van der Waals surface area contributed by atoms with Gasteiger partial charge in [-0.3, -0.25) is 4.79 Å². The minimum absolute atomic E-state index is 0.0314. The zero-order valence-electron chi connectivity index (χ0n) is 13.6. The summed E-state index contributed by atoms with van der Waals surface area (Å²) < 4.78 is 52.2. The number of halogens is 3. The van der Waals surface area contributed by atoms with Crippen molar-refractivity contribution in [2.75, 3.05) is 6.61 Å². The van der Waals surface area contributed by atoms with Gasteiger partial charge in [0.1, 0.15) is 12.1 Å². The van der Waals surface area contributed by atoms with E-state index in [1.165, 1.54) is 24.5 Å². The molecule has 7 nitrogen and oxygen atoms in total. The molecule has 10 heteroatoms. The summed E-state index contributed by atoms with van der Waals surface area (Å²) in [7, 11) is 0. The minimum atomic E-state index is -3.47. The summed E-state index contributed by atoms with van der Waals surface area (Å²) >= 11 is 0. The van der Waals surface area contributed by atoms with E-state index in [-0.39, 0.29) is 17.8 Å². The molecule has 0 fully saturated rings. The van der Waals surface area contributed by atoms with Crippen molar-refractivity contribution < 1.29 is 27.2 Å². The van der Waals surface area contributed by atoms with E-state index in [2.05, 4.69) is 24.7 Å². The maximum Gasteiger partial charge on any atom is 0.310 e. The van der Waals surface area contributed by atoms with Gasteiger partial charge in [0.15, 0.2) is 17.8 Å². The van der Waals surface area contributed by atoms with Gasteiger partial charge in [-0.25, -0.2) is 9.38 Å². The summed E-state index contributed by atoms with van der Waals surface area (Å²) in [5, 5.41) is 6.02. The fourth-order valence-electron chi connectivity index (χ4n) is 2.55. The summed E-state index contributed by atoms with van der Waals surface area (Å²) in [6, 6.07) is 4.55. The Morgan fingerprint density at radius 2 is 2.15 bits per heavy atom. The Morgan fingerprint density at radius 3 is 2.85 bits per heavy atom. The number of aromatic nitrogens is 1. The summed E-state index contributed by atoms with van der Waals surface area (Å²) in [4.78, 5) is 15.5.